The van der Waals surface area contributed by atoms with E-state index in [2.05, 4.69) is 34.5 Å². The van der Waals surface area contributed by atoms with Gasteiger partial charge in [-0.2, -0.15) is 13.2 Å². The highest BCUT2D eigenvalue weighted by molar-refractivity contribution is 5.94. The fraction of sp³-hybridized carbons (Fsp3) is 0.321. The predicted molar refractivity (Wildman–Crippen MR) is 128 cm³/mol. The van der Waals surface area contributed by atoms with Gasteiger partial charge in [-0.15, -0.1) is 0 Å². The maximum absolute atomic E-state index is 12.7. The summed E-state index contributed by atoms with van der Waals surface area (Å²) in [5.41, 5.74) is 2.67. The minimum atomic E-state index is -4.35. The third kappa shape index (κ3) is 6.48. The monoisotopic (exact) mass is 466 g/mol. The molecule has 4 rings (SSSR count). The molecule has 0 radical (unpaired) electrons. The van der Waals surface area contributed by atoms with Crippen LogP contribution in [0.4, 0.5) is 13.2 Å². The Hall–Kier alpha value is -3.12. The molecular weight excluding hydrogens is 437 g/mol. The molecule has 0 aromatic heterocycles. The molecule has 0 saturated carbocycles. The van der Waals surface area contributed by atoms with Crippen molar-refractivity contribution in [2.24, 2.45) is 5.92 Å². The molecule has 3 aromatic rings. The van der Waals surface area contributed by atoms with Crippen molar-refractivity contribution in [3.63, 3.8) is 0 Å². The molecule has 6 heteroatoms. The average Bonchev–Trinajstić information content (AvgIpc) is 2.85. The highest BCUT2D eigenvalue weighted by Gasteiger charge is 2.30. The fourth-order valence-electron chi connectivity index (χ4n) is 4.43. The largest absolute Gasteiger partial charge is 0.416 e. The molecule has 0 atom stereocenters. The molecule has 178 valence electrons. The van der Waals surface area contributed by atoms with Crippen molar-refractivity contribution < 1.29 is 18.0 Å². The van der Waals surface area contributed by atoms with E-state index in [0.29, 0.717) is 23.6 Å². The molecule has 1 heterocycles. The number of likely N-dealkylation sites (tertiary alicyclic amines) is 1. The van der Waals surface area contributed by atoms with Crippen LogP contribution in [0.15, 0.2) is 78.9 Å². The van der Waals surface area contributed by atoms with Crippen molar-refractivity contribution in [2.45, 2.75) is 32.0 Å². The summed E-state index contributed by atoms with van der Waals surface area (Å²) >= 11 is 0. The number of carbonyl (C=O) groups excluding carboxylic acids is 1. The van der Waals surface area contributed by atoms with E-state index < -0.39 is 11.7 Å². The summed E-state index contributed by atoms with van der Waals surface area (Å²) < 4.78 is 38.2. The summed E-state index contributed by atoms with van der Waals surface area (Å²) in [7, 11) is 0. The number of carbonyl (C=O) groups is 1. The van der Waals surface area contributed by atoms with E-state index in [-0.39, 0.29) is 5.91 Å². The third-order valence-corrected chi connectivity index (χ3v) is 6.49. The van der Waals surface area contributed by atoms with Crippen molar-refractivity contribution in [1.29, 1.82) is 0 Å². The van der Waals surface area contributed by atoms with E-state index in [0.717, 1.165) is 56.6 Å². The second-order valence-corrected chi connectivity index (χ2v) is 8.90. The second-order valence-electron chi connectivity index (χ2n) is 8.90. The van der Waals surface area contributed by atoms with Crippen molar-refractivity contribution in [3.05, 3.63) is 95.6 Å². The first kappa shape index (κ1) is 24.0. The maximum Gasteiger partial charge on any atom is 0.416 e. The Labute approximate surface area is 198 Å². The first-order chi connectivity index (χ1) is 16.4. The van der Waals surface area contributed by atoms with Crippen molar-refractivity contribution in [3.8, 4) is 11.1 Å². The van der Waals surface area contributed by atoms with Crippen LogP contribution in [0.25, 0.3) is 11.1 Å². The maximum atomic E-state index is 12.7. The summed E-state index contributed by atoms with van der Waals surface area (Å²) in [6.07, 6.45) is -1.09. The lowest BCUT2D eigenvalue weighted by Gasteiger charge is -2.32. The molecule has 34 heavy (non-hydrogen) atoms. The number of halogens is 3. The Morgan fingerprint density at radius 1 is 0.853 bits per heavy atom. The second kappa shape index (κ2) is 10.9. The highest BCUT2D eigenvalue weighted by Crippen LogP contribution is 2.31. The van der Waals surface area contributed by atoms with E-state index in [1.54, 1.807) is 24.3 Å². The Morgan fingerprint density at radius 3 is 2.03 bits per heavy atom. The number of piperidine rings is 1. The number of hydrogen-bond acceptors (Lipinski definition) is 2. The van der Waals surface area contributed by atoms with Gasteiger partial charge in [-0.05, 0) is 79.2 Å². The van der Waals surface area contributed by atoms with E-state index in [4.69, 9.17) is 0 Å². The number of nitrogens with zero attached hydrogens (tertiary/aromatic N) is 1. The molecule has 1 saturated heterocycles. The summed E-state index contributed by atoms with van der Waals surface area (Å²) in [5, 5.41) is 3.00. The van der Waals surface area contributed by atoms with Gasteiger partial charge in [0.05, 0.1) is 5.56 Å². The van der Waals surface area contributed by atoms with Gasteiger partial charge in [-0.1, -0.05) is 54.6 Å². The topological polar surface area (TPSA) is 32.3 Å². The number of amides is 1. The summed E-state index contributed by atoms with van der Waals surface area (Å²) in [5.74, 6) is 0.495. The molecule has 1 amide bonds. The van der Waals surface area contributed by atoms with Crippen LogP contribution < -0.4 is 5.32 Å². The minimum absolute atomic E-state index is 0.125. The molecule has 1 aliphatic heterocycles. The normalized spacial score (nSPS) is 15.3. The lowest BCUT2D eigenvalue weighted by atomic mass is 9.93. The lowest BCUT2D eigenvalue weighted by molar-refractivity contribution is -0.137. The van der Waals surface area contributed by atoms with E-state index in [1.807, 2.05) is 6.07 Å². The number of hydrogen-bond donors (Lipinski definition) is 1. The van der Waals surface area contributed by atoms with Gasteiger partial charge in [0.15, 0.2) is 0 Å². The third-order valence-electron chi connectivity index (χ3n) is 6.49. The standard InChI is InChI=1S/C28H29F3N2O/c29-28(30,31)26-12-10-24(11-13-26)23-6-8-25(9-7-23)27(34)32-17-14-21-15-18-33(19-16-21)20-22-4-2-1-3-5-22/h1-13,21H,14-20H2,(H,32,34). The minimum Gasteiger partial charge on any atom is -0.352 e. The predicted octanol–water partition coefficient (Wildman–Crippen LogP) is 6.40. The van der Waals surface area contributed by atoms with Crippen LogP contribution in [0.1, 0.15) is 40.7 Å². The van der Waals surface area contributed by atoms with Crippen LogP contribution in [0.2, 0.25) is 0 Å². The van der Waals surface area contributed by atoms with Crippen LogP contribution in [0.5, 0.6) is 0 Å². The molecular formula is C28H29F3N2O. The van der Waals surface area contributed by atoms with Gasteiger partial charge < -0.3 is 5.32 Å². The molecule has 3 nitrogen and oxygen atoms in total. The molecule has 0 aliphatic carbocycles. The van der Waals surface area contributed by atoms with Gasteiger partial charge >= 0.3 is 6.18 Å². The van der Waals surface area contributed by atoms with Gasteiger partial charge in [0.1, 0.15) is 0 Å². The van der Waals surface area contributed by atoms with E-state index >= 15 is 0 Å². The van der Waals surface area contributed by atoms with Crippen LogP contribution in [0, 0.1) is 5.92 Å². The Bertz CT molecular complexity index is 1060. The lowest BCUT2D eigenvalue weighted by Crippen LogP contribution is -2.34. The zero-order valence-electron chi connectivity index (χ0n) is 19.0. The number of alkyl halides is 3. The summed E-state index contributed by atoms with van der Waals surface area (Å²) in [4.78, 5) is 15.0. The Balaban J connectivity index is 1.20. The summed E-state index contributed by atoms with van der Waals surface area (Å²) in [6.45, 7) is 3.80. The summed E-state index contributed by atoms with van der Waals surface area (Å²) in [6, 6.07) is 22.5. The van der Waals surface area contributed by atoms with E-state index in [9.17, 15) is 18.0 Å². The van der Waals surface area contributed by atoms with Crippen molar-refractivity contribution in [2.75, 3.05) is 19.6 Å². The fourth-order valence-corrected chi connectivity index (χ4v) is 4.43. The smallest absolute Gasteiger partial charge is 0.352 e. The first-order valence-corrected chi connectivity index (χ1v) is 11.7. The number of nitrogens with one attached hydrogen (secondary N) is 1. The van der Waals surface area contributed by atoms with Crippen LogP contribution >= 0.6 is 0 Å². The Morgan fingerprint density at radius 2 is 1.44 bits per heavy atom. The molecule has 0 spiro atoms. The zero-order valence-corrected chi connectivity index (χ0v) is 19.0. The van der Waals surface area contributed by atoms with Crippen molar-refractivity contribution in [1.82, 2.24) is 10.2 Å². The van der Waals surface area contributed by atoms with Gasteiger partial charge in [0, 0.05) is 18.7 Å². The molecule has 0 bridgehead atoms. The number of benzene rings is 3. The molecule has 1 N–H and O–H groups in total. The zero-order chi connectivity index (χ0) is 24.0. The molecule has 3 aromatic carbocycles. The molecule has 0 unspecified atom stereocenters. The Kier molecular flexibility index (Phi) is 7.68. The number of rotatable bonds is 7. The average molecular weight is 467 g/mol. The first-order valence-electron chi connectivity index (χ1n) is 11.7. The van der Waals surface area contributed by atoms with Crippen LogP contribution in [-0.4, -0.2) is 30.4 Å². The van der Waals surface area contributed by atoms with E-state index in [1.165, 1.54) is 17.7 Å². The van der Waals surface area contributed by atoms with Crippen molar-refractivity contribution >= 4 is 5.91 Å². The quantitative estimate of drug-likeness (QED) is 0.437. The van der Waals surface area contributed by atoms with Gasteiger partial charge in [-0.3, -0.25) is 9.69 Å². The van der Waals surface area contributed by atoms with Crippen LogP contribution in [0.3, 0.4) is 0 Å². The van der Waals surface area contributed by atoms with Gasteiger partial charge in [0.2, 0.25) is 0 Å². The highest BCUT2D eigenvalue weighted by atomic mass is 19.4. The van der Waals surface area contributed by atoms with Gasteiger partial charge in [0.25, 0.3) is 5.91 Å². The molecule has 1 aliphatic rings. The van der Waals surface area contributed by atoms with Crippen LogP contribution in [-0.2, 0) is 12.7 Å². The SMILES string of the molecule is O=C(NCCC1CCN(Cc2ccccc2)CC1)c1ccc(-c2ccc(C(F)(F)F)cc2)cc1. The van der Waals surface area contributed by atoms with Gasteiger partial charge in [-0.25, -0.2) is 0 Å². The molecule has 1 fully saturated rings.